The minimum absolute atomic E-state index is 0.649. The monoisotopic (exact) mass is 321 g/mol. The lowest BCUT2D eigenvalue weighted by atomic mass is 10.1. The number of rotatable bonds is 4. The molecule has 2 nitrogen and oxygen atoms in total. The summed E-state index contributed by atoms with van der Waals surface area (Å²) in [6.45, 7) is 3.61. The van der Waals surface area contributed by atoms with Crippen molar-refractivity contribution in [3.63, 3.8) is 0 Å². The number of fused-ring (bicyclic) bond motifs is 1. The maximum atomic E-state index is 9.82. The first-order valence-electron chi connectivity index (χ1n) is 7.31. The lowest BCUT2D eigenvalue weighted by molar-refractivity contribution is 0.229. The summed E-state index contributed by atoms with van der Waals surface area (Å²) in [7, 11) is 0. The van der Waals surface area contributed by atoms with E-state index in [-0.39, 0.29) is 0 Å². The highest BCUT2D eigenvalue weighted by Crippen LogP contribution is 2.20. The van der Waals surface area contributed by atoms with Crippen LogP contribution in [0.1, 0.15) is 22.9 Å². The number of benzene rings is 2. The van der Waals surface area contributed by atoms with Crippen LogP contribution in [-0.2, 0) is 0 Å². The summed E-state index contributed by atoms with van der Waals surface area (Å²) < 4.78 is 0. The van der Waals surface area contributed by atoms with Crippen LogP contribution < -0.4 is 0 Å². The molecule has 0 aliphatic rings. The molecule has 3 heteroatoms. The van der Waals surface area contributed by atoms with Gasteiger partial charge in [-0.2, -0.15) is 0 Å². The van der Waals surface area contributed by atoms with E-state index in [0.717, 1.165) is 27.7 Å². The number of pyridine rings is 1. The molecule has 0 saturated carbocycles. The van der Waals surface area contributed by atoms with Crippen molar-refractivity contribution >= 4 is 34.7 Å². The van der Waals surface area contributed by atoms with Crippen molar-refractivity contribution in [1.82, 2.24) is 4.98 Å². The quantitative estimate of drug-likeness (QED) is 0.663. The minimum Gasteiger partial charge on any atom is -0.384 e. The molecule has 0 amide bonds. The lowest BCUT2D eigenvalue weighted by Crippen LogP contribution is -1.92. The first kappa shape index (κ1) is 15.5. The van der Waals surface area contributed by atoms with E-state index in [0.29, 0.717) is 5.02 Å². The van der Waals surface area contributed by atoms with Crippen LogP contribution >= 0.6 is 11.6 Å². The number of hydrogen-bond acceptors (Lipinski definition) is 2. The molecule has 1 unspecified atom stereocenters. The zero-order chi connectivity index (χ0) is 16.2. The van der Waals surface area contributed by atoms with Gasteiger partial charge in [-0.15, -0.1) is 6.58 Å². The Labute approximate surface area is 140 Å². The van der Waals surface area contributed by atoms with E-state index in [1.54, 1.807) is 0 Å². The number of nitrogens with zero attached hydrogens (tertiary/aromatic N) is 1. The molecular formula is C20H16ClNO. The van der Waals surface area contributed by atoms with Crippen LogP contribution in [0, 0.1) is 0 Å². The molecule has 0 fully saturated rings. The number of aliphatic hydroxyl groups is 1. The van der Waals surface area contributed by atoms with Gasteiger partial charge < -0.3 is 5.11 Å². The molecule has 0 spiro atoms. The smallest absolute Gasteiger partial charge is 0.0969 e. The largest absolute Gasteiger partial charge is 0.384 e. The third-order valence-electron chi connectivity index (χ3n) is 3.60. The molecular weight excluding hydrogens is 306 g/mol. The highest BCUT2D eigenvalue weighted by molar-refractivity contribution is 6.31. The number of hydrogen-bond donors (Lipinski definition) is 1. The summed E-state index contributed by atoms with van der Waals surface area (Å²) in [6, 6.07) is 17.4. The fourth-order valence-corrected chi connectivity index (χ4v) is 2.53. The fraction of sp³-hybridized carbons (Fsp3) is 0.0500. The minimum atomic E-state index is -0.649. The third kappa shape index (κ3) is 3.67. The van der Waals surface area contributed by atoms with Gasteiger partial charge in [-0.1, -0.05) is 54.1 Å². The Hall–Kier alpha value is -2.42. The van der Waals surface area contributed by atoms with Gasteiger partial charge >= 0.3 is 0 Å². The van der Waals surface area contributed by atoms with Crippen molar-refractivity contribution < 1.29 is 5.11 Å². The Morgan fingerprint density at radius 3 is 2.70 bits per heavy atom. The van der Waals surface area contributed by atoms with Gasteiger partial charge in [-0.25, -0.2) is 4.98 Å². The third-order valence-corrected chi connectivity index (χ3v) is 3.83. The van der Waals surface area contributed by atoms with Crippen LogP contribution in [0.3, 0.4) is 0 Å². The van der Waals surface area contributed by atoms with Gasteiger partial charge in [0, 0.05) is 10.4 Å². The van der Waals surface area contributed by atoms with E-state index in [9.17, 15) is 5.11 Å². The van der Waals surface area contributed by atoms with Crippen molar-refractivity contribution in [2.45, 2.75) is 6.10 Å². The van der Waals surface area contributed by atoms with Gasteiger partial charge in [0.2, 0.25) is 0 Å². The van der Waals surface area contributed by atoms with Gasteiger partial charge in [0.1, 0.15) is 0 Å². The lowest BCUT2D eigenvalue weighted by Gasteiger charge is -2.06. The van der Waals surface area contributed by atoms with Crippen LogP contribution in [0.5, 0.6) is 0 Å². The number of aliphatic hydroxyl groups excluding tert-OH is 1. The molecule has 0 bridgehead atoms. The van der Waals surface area contributed by atoms with E-state index in [1.807, 2.05) is 66.7 Å². The van der Waals surface area contributed by atoms with Crippen LogP contribution in [0.25, 0.3) is 23.1 Å². The van der Waals surface area contributed by atoms with Gasteiger partial charge in [0.25, 0.3) is 0 Å². The first-order valence-corrected chi connectivity index (χ1v) is 7.68. The zero-order valence-electron chi connectivity index (χ0n) is 12.5. The second-order valence-corrected chi connectivity index (χ2v) is 5.69. The van der Waals surface area contributed by atoms with E-state index in [2.05, 4.69) is 11.6 Å². The summed E-state index contributed by atoms with van der Waals surface area (Å²) in [5.74, 6) is 0. The predicted molar refractivity (Wildman–Crippen MR) is 97.3 cm³/mol. The average molecular weight is 322 g/mol. The van der Waals surface area contributed by atoms with Crippen molar-refractivity contribution in [2.75, 3.05) is 0 Å². The molecule has 2 aromatic carbocycles. The van der Waals surface area contributed by atoms with Crippen LogP contribution in [0.15, 0.2) is 67.3 Å². The first-order chi connectivity index (χ1) is 11.2. The average Bonchev–Trinajstić information content (AvgIpc) is 2.59. The van der Waals surface area contributed by atoms with Crippen LogP contribution in [-0.4, -0.2) is 10.1 Å². The van der Waals surface area contributed by atoms with Crippen molar-refractivity contribution in [3.8, 4) is 0 Å². The SMILES string of the molecule is C=CC(O)c1cccc(C=Cc2ccc3ccc(Cl)cc3n2)c1. The summed E-state index contributed by atoms with van der Waals surface area (Å²) in [6.07, 6.45) is 4.78. The number of halogens is 1. The van der Waals surface area contributed by atoms with Crippen LogP contribution in [0.4, 0.5) is 0 Å². The molecule has 0 aliphatic heterocycles. The molecule has 0 radical (unpaired) electrons. The fourth-order valence-electron chi connectivity index (χ4n) is 2.36. The molecule has 1 N–H and O–H groups in total. The molecule has 114 valence electrons. The maximum absolute atomic E-state index is 9.82. The van der Waals surface area contributed by atoms with Crippen molar-refractivity contribution in [3.05, 3.63) is 89.1 Å². The Morgan fingerprint density at radius 1 is 1.04 bits per heavy atom. The maximum Gasteiger partial charge on any atom is 0.0969 e. The molecule has 0 saturated heterocycles. The summed E-state index contributed by atoms with van der Waals surface area (Å²) >= 11 is 6.01. The molecule has 1 atom stereocenters. The summed E-state index contributed by atoms with van der Waals surface area (Å²) in [4.78, 5) is 4.59. The highest BCUT2D eigenvalue weighted by Gasteiger charge is 2.02. The van der Waals surface area contributed by atoms with E-state index in [1.165, 1.54) is 6.08 Å². The molecule has 0 aliphatic carbocycles. The van der Waals surface area contributed by atoms with Crippen LogP contribution in [0.2, 0.25) is 5.02 Å². The van der Waals surface area contributed by atoms with Gasteiger partial charge in [0.05, 0.1) is 17.3 Å². The molecule has 3 rings (SSSR count). The van der Waals surface area contributed by atoms with Gasteiger partial charge in [-0.05, 0) is 41.5 Å². The van der Waals surface area contributed by atoms with E-state index >= 15 is 0 Å². The molecule has 3 aromatic rings. The predicted octanol–water partition coefficient (Wildman–Crippen LogP) is 5.28. The summed E-state index contributed by atoms with van der Waals surface area (Å²) in [5, 5.41) is 11.6. The molecule has 1 aromatic heterocycles. The Morgan fingerprint density at radius 2 is 1.87 bits per heavy atom. The second kappa shape index (κ2) is 6.78. The normalized spacial score (nSPS) is 12.6. The number of aromatic nitrogens is 1. The van der Waals surface area contributed by atoms with Gasteiger partial charge in [-0.3, -0.25) is 0 Å². The molecule has 1 heterocycles. The summed E-state index contributed by atoms with van der Waals surface area (Å²) in [5.41, 5.74) is 3.54. The van der Waals surface area contributed by atoms with Crippen molar-refractivity contribution in [1.29, 1.82) is 0 Å². The second-order valence-electron chi connectivity index (χ2n) is 5.26. The Bertz CT molecular complexity index is 886. The zero-order valence-corrected chi connectivity index (χ0v) is 13.2. The van der Waals surface area contributed by atoms with E-state index in [4.69, 9.17) is 11.6 Å². The van der Waals surface area contributed by atoms with Crippen molar-refractivity contribution in [2.24, 2.45) is 0 Å². The van der Waals surface area contributed by atoms with Gasteiger partial charge in [0.15, 0.2) is 0 Å². The Balaban J connectivity index is 1.89. The topological polar surface area (TPSA) is 33.1 Å². The molecule has 23 heavy (non-hydrogen) atoms. The standard InChI is InChI=1S/C20H16ClNO/c1-2-20(23)16-5-3-4-14(12-16)6-10-18-11-8-15-7-9-17(21)13-19(15)22-18/h2-13,20,23H,1H2. The van der Waals surface area contributed by atoms with E-state index < -0.39 is 6.10 Å². The Kier molecular flexibility index (Phi) is 4.56. The highest BCUT2D eigenvalue weighted by atomic mass is 35.5.